The summed E-state index contributed by atoms with van der Waals surface area (Å²) < 4.78 is 68.0. The van der Waals surface area contributed by atoms with Gasteiger partial charge in [-0.3, -0.25) is 37.3 Å². The molecule has 0 amide bonds. The molecular formula is C64H124O17P2. The predicted octanol–water partition coefficient (Wildman–Crippen LogP) is 17.4. The lowest BCUT2D eigenvalue weighted by Crippen LogP contribution is -2.30. The second kappa shape index (κ2) is 54.2. The van der Waals surface area contributed by atoms with E-state index < -0.39 is 97.5 Å². The van der Waals surface area contributed by atoms with Crippen molar-refractivity contribution in [3.8, 4) is 0 Å². The molecular weight excluding hydrogens is 1100 g/mol. The molecule has 0 radical (unpaired) electrons. The summed E-state index contributed by atoms with van der Waals surface area (Å²) in [6.45, 7) is 13.9. The maximum atomic E-state index is 13.0. The predicted molar refractivity (Wildman–Crippen MR) is 331 cm³/mol. The van der Waals surface area contributed by atoms with Crippen molar-refractivity contribution < 1.29 is 80.2 Å². The highest BCUT2D eigenvalue weighted by Crippen LogP contribution is 2.45. The Balaban J connectivity index is 5.26. The zero-order valence-electron chi connectivity index (χ0n) is 53.8. The Morgan fingerprint density at radius 2 is 0.578 bits per heavy atom. The number of hydrogen-bond donors (Lipinski definition) is 3. The first-order valence-corrected chi connectivity index (χ1v) is 36.2. The monoisotopic (exact) mass is 1230 g/mol. The second-order valence-electron chi connectivity index (χ2n) is 24.8. The Morgan fingerprint density at radius 3 is 0.855 bits per heavy atom. The maximum Gasteiger partial charge on any atom is 0.472 e. The molecule has 6 atom stereocenters. The van der Waals surface area contributed by atoms with E-state index in [4.69, 9.17) is 37.0 Å². The van der Waals surface area contributed by atoms with E-state index in [1.807, 2.05) is 0 Å². The van der Waals surface area contributed by atoms with Crippen molar-refractivity contribution in [2.45, 2.75) is 324 Å². The van der Waals surface area contributed by atoms with Crippen molar-refractivity contribution >= 4 is 39.5 Å². The first-order chi connectivity index (χ1) is 39.6. The van der Waals surface area contributed by atoms with Gasteiger partial charge >= 0.3 is 39.5 Å². The van der Waals surface area contributed by atoms with Crippen molar-refractivity contribution in [2.24, 2.45) is 23.7 Å². The second-order valence-corrected chi connectivity index (χ2v) is 27.7. The third-order valence-electron chi connectivity index (χ3n) is 14.9. The van der Waals surface area contributed by atoms with Crippen LogP contribution in [0.4, 0.5) is 0 Å². The number of phosphoric ester groups is 2. The molecule has 3 N–H and O–H groups in total. The fourth-order valence-electron chi connectivity index (χ4n) is 9.40. The van der Waals surface area contributed by atoms with Crippen molar-refractivity contribution in [2.75, 3.05) is 39.6 Å². The molecule has 17 nitrogen and oxygen atoms in total. The van der Waals surface area contributed by atoms with Gasteiger partial charge < -0.3 is 33.8 Å². The van der Waals surface area contributed by atoms with Gasteiger partial charge in [0.25, 0.3) is 0 Å². The van der Waals surface area contributed by atoms with Crippen LogP contribution in [-0.4, -0.2) is 96.7 Å². The van der Waals surface area contributed by atoms with E-state index in [1.165, 1.54) is 103 Å². The first-order valence-electron chi connectivity index (χ1n) is 33.2. The van der Waals surface area contributed by atoms with Crippen LogP contribution in [-0.2, 0) is 65.4 Å². The number of phosphoric acid groups is 2. The molecule has 0 aliphatic heterocycles. The number of hydrogen-bond acceptors (Lipinski definition) is 15. The summed E-state index contributed by atoms with van der Waals surface area (Å²) in [4.78, 5) is 72.2. The molecule has 0 aromatic heterocycles. The van der Waals surface area contributed by atoms with E-state index in [2.05, 4.69) is 55.4 Å². The molecule has 83 heavy (non-hydrogen) atoms. The van der Waals surface area contributed by atoms with E-state index in [0.717, 1.165) is 120 Å². The topological polar surface area (TPSA) is 237 Å². The van der Waals surface area contributed by atoms with Gasteiger partial charge in [-0.1, -0.05) is 254 Å². The van der Waals surface area contributed by atoms with Crippen molar-refractivity contribution in [1.29, 1.82) is 0 Å². The molecule has 0 rings (SSSR count). The fourth-order valence-corrected chi connectivity index (χ4v) is 11.0. The minimum Gasteiger partial charge on any atom is -0.462 e. The quantitative estimate of drug-likeness (QED) is 0.0222. The summed E-state index contributed by atoms with van der Waals surface area (Å²) in [5.41, 5.74) is 0. The number of carbonyl (C=O) groups is 4. The first kappa shape index (κ1) is 81.1. The van der Waals surface area contributed by atoms with E-state index in [0.29, 0.717) is 25.7 Å². The van der Waals surface area contributed by atoms with E-state index in [-0.39, 0.29) is 25.7 Å². The van der Waals surface area contributed by atoms with Gasteiger partial charge in [0.15, 0.2) is 12.2 Å². The van der Waals surface area contributed by atoms with E-state index >= 15 is 0 Å². The highest BCUT2D eigenvalue weighted by molar-refractivity contribution is 7.47. The van der Waals surface area contributed by atoms with Gasteiger partial charge in [0.2, 0.25) is 0 Å². The van der Waals surface area contributed by atoms with Crippen molar-refractivity contribution in [3.63, 3.8) is 0 Å². The summed E-state index contributed by atoms with van der Waals surface area (Å²) in [7, 11) is -9.89. The molecule has 19 heteroatoms. The lowest BCUT2D eigenvalue weighted by atomic mass is 10.00. The normalized spacial score (nSPS) is 14.8. The third kappa shape index (κ3) is 57.6. The summed E-state index contributed by atoms with van der Waals surface area (Å²) >= 11 is 0. The van der Waals surface area contributed by atoms with Crippen LogP contribution < -0.4 is 0 Å². The summed E-state index contributed by atoms with van der Waals surface area (Å²) in [6.07, 6.45) is 33.6. The third-order valence-corrected chi connectivity index (χ3v) is 16.8. The Hall–Kier alpha value is -1.94. The SMILES string of the molecule is CCC(C)CCCCCCCCC(=O)OC[C@H](COP(=O)(O)OC[C@H](O)COP(=O)(O)OC[C@@H](COC(=O)CCCCCCCCCCC(C)C)OC(=O)CCCCCCCCCCC(C)C)OC(=O)CCCCCCCCCCC(C)C. The molecule has 0 aromatic rings. The van der Waals surface area contributed by atoms with Gasteiger partial charge in [-0.15, -0.1) is 0 Å². The number of aliphatic hydroxyl groups is 1. The van der Waals surface area contributed by atoms with Crippen LogP contribution in [0.5, 0.6) is 0 Å². The van der Waals surface area contributed by atoms with Crippen LogP contribution in [0.15, 0.2) is 0 Å². The van der Waals surface area contributed by atoms with Crippen LogP contribution in [0, 0.1) is 23.7 Å². The largest absolute Gasteiger partial charge is 0.472 e. The number of ether oxygens (including phenoxy) is 4. The van der Waals surface area contributed by atoms with Gasteiger partial charge in [0.05, 0.1) is 26.4 Å². The Kier molecular flexibility index (Phi) is 53.0. The Morgan fingerprint density at radius 1 is 0.337 bits per heavy atom. The molecule has 3 unspecified atom stereocenters. The molecule has 0 heterocycles. The molecule has 0 saturated carbocycles. The number of aliphatic hydroxyl groups excluding tert-OH is 1. The van der Waals surface area contributed by atoms with Crippen molar-refractivity contribution in [3.05, 3.63) is 0 Å². The van der Waals surface area contributed by atoms with Crippen LogP contribution in [0.1, 0.15) is 306 Å². The molecule has 0 bridgehead atoms. The average Bonchev–Trinajstić information content (AvgIpc) is 3.44. The summed E-state index contributed by atoms with van der Waals surface area (Å²) in [5.74, 6) is 0.752. The maximum absolute atomic E-state index is 13.0. The smallest absolute Gasteiger partial charge is 0.462 e. The molecule has 492 valence electrons. The lowest BCUT2D eigenvalue weighted by molar-refractivity contribution is -0.161. The fraction of sp³-hybridized carbons (Fsp3) is 0.938. The summed E-state index contributed by atoms with van der Waals surface area (Å²) in [6, 6.07) is 0. The van der Waals surface area contributed by atoms with Crippen molar-refractivity contribution in [1.82, 2.24) is 0 Å². The minimum atomic E-state index is -4.95. The molecule has 0 spiro atoms. The average molecular weight is 1230 g/mol. The van der Waals surface area contributed by atoms with Crippen LogP contribution in [0.2, 0.25) is 0 Å². The Bertz CT molecular complexity index is 1660. The molecule has 0 fully saturated rings. The van der Waals surface area contributed by atoms with Crippen LogP contribution in [0.25, 0.3) is 0 Å². The van der Waals surface area contributed by atoms with Gasteiger partial charge in [-0.2, -0.15) is 0 Å². The number of rotatable bonds is 61. The lowest BCUT2D eigenvalue weighted by Gasteiger charge is -2.21. The Labute approximate surface area is 505 Å². The standard InChI is InChI=1S/C64H124O17P2/c1-9-57(8)43-35-27-22-23-29-37-45-62(67)75-51-60(81-64(69)47-39-31-21-15-12-18-26-34-42-56(6)7)53-79-83(72,73)77-49-58(65)48-76-82(70,71)78-52-59(80-63(68)46-38-30-20-14-11-17-25-33-41-55(4)5)50-74-61(66)44-36-28-19-13-10-16-24-32-40-54(2)3/h54-60,65H,9-53H2,1-8H3,(H,70,71)(H,72,73)/t57?,58-,59-,60-/m1/s1. The molecule has 0 saturated heterocycles. The zero-order chi connectivity index (χ0) is 61.8. The number of esters is 4. The molecule has 0 aromatic carbocycles. The minimum absolute atomic E-state index is 0.103. The van der Waals surface area contributed by atoms with Gasteiger partial charge in [-0.25, -0.2) is 9.13 Å². The highest BCUT2D eigenvalue weighted by atomic mass is 31.2. The molecule has 0 aliphatic rings. The molecule has 0 aliphatic carbocycles. The zero-order valence-corrected chi connectivity index (χ0v) is 55.6. The number of unbranched alkanes of at least 4 members (excludes halogenated alkanes) is 26. The van der Waals surface area contributed by atoms with Crippen LogP contribution in [0.3, 0.4) is 0 Å². The van der Waals surface area contributed by atoms with Gasteiger partial charge in [0, 0.05) is 25.7 Å². The van der Waals surface area contributed by atoms with Gasteiger partial charge in [0.1, 0.15) is 19.3 Å². The van der Waals surface area contributed by atoms with Crippen LogP contribution >= 0.6 is 15.6 Å². The van der Waals surface area contributed by atoms with E-state index in [1.54, 1.807) is 0 Å². The van der Waals surface area contributed by atoms with Gasteiger partial charge in [-0.05, 0) is 49.4 Å². The number of carbonyl (C=O) groups excluding carboxylic acids is 4. The van der Waals surface area contributed by atoms with E-state index in [9.17, 15) is 43.2 Å². The summed E-state index contributed by atoms with van der Waals surface area (Å²) in [5, 5.41) is 10.5. The highest BCUT2D eigenvalue weighted by Gasteiger charge is 2.30.